The van der Waals surface area contributed by atoms with Gasteiger partial charge in [-0.25, -0.2) is 0 Å². The van der Waals surface area contributed by atoms with Gasteiger partial charge in [0.25, 0.3) is 6.54 Å². The number of nitrogens with zero attached hydrogens (tertiary/aromatic N) is 2. The molecule has 2 fully saturated rings. The first-order valence-electron chi connectivity index (χ1n) is 3.53. The number of Topliss-reactive ketones (excluding diaryl/α,β-unsaturated/α-hetero) is 1. The number of ketones is 1. The molecule has 1 atom stereocenters. The van der Waals surface area contributed by atoms with Crippen molar-refractivity contribution < 1.29 is 9.66 Å². The zero-order valence-corrected chi connectivity index (χ0v) is 5.62. The summed E-state index contributed by atoms with van der Waals surface area (Å²) in [6.45, 7) is 0.838. The molecule has 0 N–H and O–H groups in total. The second-order valence-corrected chi connectivity index (χ2v) is 2.80. The highest BCUT2D eigenvalue weighted by Gasteiger charge is 2.48. The second kappa shape index (κ2) is 1.78. The number of carbonyl (C=O) groups excluding carboxylic acids is 1. The van der Waals surface area contributed by atoms with Gasteiger partial charge in [0, 0.05) is 0 Å². The van der Waals surface area contributed by atoms with E-state index in [2.05, 4.69) is 0 Å². The van der Waals surface area contributed by atoms with Crippen LogP contribution < -0.4 is 0 Å². The Hall–Kier alpha value is -0.930. The molecule has 2 rings (SSSR count). The number of carbonyl (C=O) groups is 1. The minimum absolute atomic E-state index is 0.0718. The molecule has 0 aromatic rings. The van der Waals surface area contributed by atoms with Gasteiger partial charge in [-0.3, -0.25) is 4.79 Å². The lowest BCUT2D eigenvalue weighted by molar-refractivity contribution is -0.684. The molecule has 0 bridgehead atoms. The maximum Gasteiger partial charge on any atom is 0.285 e. The van der Waals surface area contributed by atoms with Crippen molar-refractivity contribution in [1.29, 1.82) is 0 Å². The fourth-order valence-corrected chi connectivity index (χ4v) is 1.68. The van der Waals surface area contributed by atoms with Crippen molar-refractivity contribution in [3.8, 4) is 0 Å². The summed E-state index contributed by atoms with van der Waals surface area (Å²) in [5.41, 5.74) is 0. The molecule has 0 aromatic carbocycles. The molecule has 2 aliphatic heterocycles. The number of nitroso groups, excluding NO2 is 1. The third-order valence-corrected chi connectivity index (χ3v) is 2.17. The summed E-state index contributed by atoms with van der Waals surface area (Å²) in [7, 11) is 0. The topological polar surface area (TPSA) is 40.4 Å². The number of hydrogen-bond donors (Lipinski definition) is 0. The molecule has 4 nitrogen and oxygen atoms in total. The van der Waals surface area contributed by atoms with E-state index in [1.54, 1.807) is 5.01 Å². The van der Waals surface area contributed by atoms with Crippen LogP contribution in [0.15, 0.2) is 0 Å². The lowest BCUT2D eigenvalue weighted by Crippen LogP contribution is -2.29. The fraction of sp³-hybridized carbons (Fsp3) is 0.833. The summed E-state index contributed by atoms with van der Waals surface area (Å²) in [4.78, 5) is 22.7. The Kier molecular flexibility index (Phi) is 1.03. The normalized spacial score (nSPS) is 31.6. The minimum Gasteiger partial charge on any atom is -0.290 e. The van der Waals surface area contributed by atoms with Crippen molar-refractivity contribution in [1.82, 2.24) is 5.01 Å². The van der Waals surface area contributed by atoms with Gasteiger partial charge in [-0.2, -0.15) is 0 Å². The molecule has 0 amide bonds. The molecule has 54 valence electrons. The lowest BCUT2D eigenvalue weighted by atomic mass is 10.1. The van der Waals surface area contributed by atoms with Gasteiger partial charge in [0.05, 0.1) is 11.5 Å². The molecular formula is C6H9N2O2+. The van der Waals surface area contributed by atoms with Gasteiger partial charge in [-0.05, 0) is 12.8 Å². The van der Waals surface area contributed by atoms with Crippen molar-refractivity contribution in [2.24, 2.45) is 0 Å². The first kappa shape index (κ1) is 5.82. The number of hydrazine groups is 1. The first-order chi connectivity index (χ1) is 4.79. The standard InChI is InChI=1S/C6H9N2O2/c9-6-4-8(10)7-3-1-2-5(6)7/h5H,1-4H2/q+1. The molecule has 2 saturated heterocycles. The molecule has 10 heavy (non-hydrogen) atoms. The molecule has 0 aromatic heterocycles. The van der Waals surface area contributed by atoms with Crippen LogP contribution in [0, 0.1) is 4.91 Å². The van der Waals surface area contributed by atoms with Crippen molar-refractivity contribution in [3.05, 3.63) is 4.91 Å². The quantitative estimate of drug-likeness (QED) is 0.436. The van der Waals surface area contributed by atoms with E-state index < -0.39 is 0 Å². The minimum atomic E-state index is -0.0718. The Labute approximate surface area is 58.3 Å². The highest BCUT2D eigenvalue weighted by atomic mass is 16.3. The van der Waals surface area contributed by atoms with E-state index in [9.17, 15) is 9.70 Å². The van der Waals surface area contributed by atoms with E-state index in [4.69, 9.17) is 0 Å². The SMILES string of the molecule is O=C1C[N+](=O)N2CCCC12. The Morgan fingerprint density at radius 3 is 3.10 bits per heavy atom. The summed E-state index contributed by atoms with van der Waals surface area (Å²) < 4.78 is 0. The smallest absolute Gasteiger partial charge is 0.285 e. The third kappa shape index (κ3) is 0.587. The fourth-order valence-electron chi connectivity index (χ4n) is 1.68. The van der Waals surface area contributed by atoms with Crippen LogP contribution in [0.5, 0.6) is 0 Å². The van der Waals surface area contributed by atoms with Crippen LogP contribution in [-0.4, -0.2) is 34.8 Å². The molecular weight excluding hydrogens is 132 g/mol. The maximum absolute atomic E-state index is 11.0. The van der Waals surface area contributed by atoms with Crippen LogP contribution in [0.25, 0.3) is 0 Å². The summed E-state index contributed by atoms with van der Waals surface area (Å²) >= 11 is 0. The molecule has 0 aliphatic carbocycles. The Bertz CT molecular complexity index is 182. The van der Waals surface area contributed by atoms with E-state index in [1.165, 1.54) is 0 Å². The maximum atomic E-state index is 11.0. The predicted octanol–water partition coefficient (Wildman–Crippen LogP) is -0.273. The highest BCUT2D eigenvalue weighted by Crippen LogP contribution is 2.22. The van der Waals surface area contributed by atoms with Crippen molar-refractivity contribution >= 4 is 5.78 Å². The van der Waals surface area contributed by atoms with Gasteiger partial charge in [0.2, 0.25) is 5.78 Å². The third-order valence-electron chi connectivity index (χ3n) is 2.17. The van der Waals surface area contributed by atoms with Gasteiger partial charge in [-0.15, -0.1) is 5.01 Å². The Morgan fingerprint density at radius 2 is 2.40 bits per heavy atom. The van der Waals surface area contributed by atoms with Crippen molar-refractivity contribution in [3.63, 3.8) is 0 Å². The second-order valence-electron chi connectivity index (χ2n) is 2.80. The van der Waals surface area contributed by atoms with Crippen LogP contribution in [-0.2, 0) is 4.79 Å². The van der Waals surface area contributed by atoms with E-state index in [0.29, 0.717) is 0 Å². The van der Waals surface area contributed by atoms with Gasteiger partial charge >= 0.3 is 0 Å². The van der Waals surface area contributed by atoms with Gasteiger partial charge < -0.3 is 0 Å². The summed E-state index contributed by atoms with van der Waals surface area (Å²) in [6.07, 6.45) is 1.85. The first-order valence-corrected chi connectivity index (χ1v) is 3.53. The van der Waals surface area contributed by atoms with E-state index in [-0.39, 0.29) is 18.4 Å². The van der Waals surface area contributed by atoms with Crippen LogP contribution in [0.2, 0.25) is 0 Å². The van der Waals surface area contributed by atoms with Crippen LogP contribution >= 0.6 is 0 Å². The average Bonchev–Trinajstić information content (AvgIpc) is 2.39. The summed E-state index contributed by atoms with van der Waals surface area (Å²) in [6, 6.07) is -0.0718. The zero-order valence-electron chi connectivity index (χ0n) is 5.62. The molecule has 0 saturated carbocycles. The van der Waals surface area contributed by atoms with E-state index in [0.717, 1.165) is 24.3 Å². The van der Waals surface area contributed by atoms with Crippen molar-refractivity contribution in [2.75, 3.05) is 13.1 Å². The van der Waals surface area contributed by atoms with Crippen molar-refractivity contribution in [2.45, 2.75) is 18.9 Å². The monoisotopic (exact) mass is 141 g/mol. The van der Waals surface area contributed by atoms with Crippen LogP contribution in [0.1, 0.15) is 12.8 Å². The van der Waals surface area contributed by atoms with Crippen LogP contribution in [0.3, 0.4) is 0 Å². The Balaban J connectivity index is 2.27. The number of hydrogen-bond acceptors (Lipinski definition) is 2. The zero-order chi connectivity index (χ0) is 7.14. The highest BCUT2D eigenvalue weighted by molar-refractivity contribution is 5.86. The van der Waals surface area contributed by atoms with Crippen LogP contribution in [0.4, 0.5) is 0 Å². The molecule has 0 radical (unpaired) electrons. The predicted molar refractivity (Wildman–Crippen MR) is 33.2 cm³/mol. The largest absolute Gasteiger partial charge is 0.290 e. The average molecular weight is 141 g/mol. The summed E-state index contributed by atoms with van der Waals surface area (Å²) in [5, 5.41) is 1.63. The molecule has 1 unspecified atom stereocenters. The Morgan fingerprint density at radius 1 is 1.60 bits per heavy atom. The lowest BCUT2D eigenvalue weighted by Gasteiger charge is -2.01. The van der Waals surface area contributed by atoms with E-state index >= 15 is 0 Å². The summed E-state index contributed by atoms with van der Waals surface area (Å²) in [5.74, 6) is 0.0903. The molecule has 2 heterocycles. The van der Waals surface area contributed by atoms with Gasteiger partial charge in [0.15, 0.2) is 6.04 Å². The molecule has 0 spiro atoms. The van der Waals surface area contributed by atoms with E-state index in [1.807, 2.05) is 0 Å². The van der Waals surface area contributed by atoms with Gasteiger partial charge in [-0.1, -0.05) is 0 Å². The molecule has 4 heteroatoms. The molecule has 2 aliphatic rings. The number of fused-ring (bicyclic) bond motifs is 1. The number of rotatable bonds is 0. The van der Waals surface area contributed by atoms with Gasteiger partial charge in [0.1, 0.15) is 4.87 Å².